The highest BCUT2D eigenvalue weighted by molar-refractivity contribution is 5.36. The summed E-state index contributed by atoms with van der Waals surface area (Å²) in [5, 5.41) is 29.2. The Morgan fingerprint density at radius 1 is 1.28 bits per heavy atom. The van der Waals surface area contributed by atoms with Crippen LogP contribution in [0.5, 0.6) is 0 Å². The fourth-order valence-electron chi connectivity index (χ4n) is 2.45. The smallest absolute Gasteiger partial charge is 0.163 e. The van der Waals surface area contributed by atoms with E-state index in [0.29, 0.717) is 11.5 Å². The van der Waals surface area contributed by atoms with E-state index >= 15 is 0 Å². The van der Waals surface area contributed by atoms with Crippen molar-refractivity contribution in [2.45, 2.75) is 38.1 Å². The number of nitriles is 1. The van der Waals surface area contributed by atoms with Gasteiger partial charge in [-0.25, -0.2) is 0 Å². The maximum atomic E-state index is 9.43. The lowest BCUT2D eigenvalue weighted by molar-refractivity contribution is 0.203. The summed E-state index contributed by atoms with van der Waals surface area (Å²) in [4.78, 5) is 0. The molecule has 1 aromatic rings. The molecule has 5 nitrogen and oxygen atoms in total. The van der Waals surface area contributed by atoms with E-state index in [1.807, 2.05) is 6.07 Å². The number of rotatable bonds is 3. The van der Waals surface area contributed by atoms with Gasteiger partial charge in [-0.1, -0.05) is 19.3 Å². The lowest BCUT2D eigenvalue weighted by atomic mass is 9.96. The number of hydrogen-bond donors (Lipinski definition) is 2. The number of aromatic nitrogens is 2. The molecule has 1 aliphatic rings. The van der Waals surface area contributed by atoms with Crippen LogP contribution in [-0.4, -0.2) is 28.0 Å². The monoisotopic (exact) mass is 246 g/mol. The van der Waals surface area contributed by atoms with Crippen LogP contribution in [0.1, 0.15) is 37.8 Å². The van der Waals surface area contributed by atoms with Gasteiger partial charge in [-0.15, -0.1) is 10.2 Å². The highest BCUT2D eigenvalue weighted by Crippen LogP contribution is 2.25. The Bertz CT molecular complexity index is 412. The van der Waals surface area contributed by atoms with E-state index in [0.717, 1.165) is 12.8 Å². The van der Waals surface area contributed by atoms with Crippen LogP contribution in [0.15, 0.2) is 12.1 Å². The van der Waals surface area contributed by atoms with Gasteiger partial charge in [0.05, 0.1) is 0 Å². The third-order valence-electron chi connectivity index (χ3n) is 3.51. The average molecular weight is 246 g/mol. The Labute approximate surface area is 107 Å². The molecule has 1 fully saturated rings. The summed E-state index contributed by atoms with van der Waals surface area (Å²) in [7, 11) is 0. The summed E-state index contributed by atoms with van der Waals surface area (Å²) in [6, 6.07) is 5.62. The molecule has 1 saturated carbocycles. The van der Waals surface area contributed by atoms with Crippen molar-refractivity contribution >= 4 is 5.82 Å². The molecule has 0 saturated heterocycles. The minimum atomic E-state index is 0.210. The maximum absolute atomic E-state index is 9.43. The van der Waals surface area contributed by atoms with Gasteiger partial charge in [0.25, 0.3) is 0 Å². The number of aliphatic hydroxyl groups excluding tert-OH is 1. The Kier molecular flexibility index (Phi) is 4.48. The normalized spacial score (nSPS) is 24.0. The van der Waals surface area contributed by atoms with Crippen molar-refractivity contribution in [3.05, 3.63) is 17.8 Å². The van der Waals surface area contributed by atoms with Crippen molar-refractivity contribution in [3.63, 3.8) is 0 Å². The summed E-state index contributed by atoms with van der Waals surface area (Å²) < 4.78 is 0. The number of aliphatic hydroxyl groups is 1. The maximum Gasteiger partial charge on any atom is 0.163 e. The Morgan fingerprint density at radius 3 is 2.78 bits per heavy atom. The molecule has 1 aliphatic carbocycles. The molecule has 1 aromatic heterocycles. The van der Waals surface area contributed by atoms with E-state index in [1.165, 1.54) is 19.3 Å². The van der Waals surface area contributed by atoms with Crippen molar-refractivity contribution < 1.29 is 5.11 Å². The predicted octanol–water partition coefficient (Wildman–Crippen LogP) is 1.70. The van der Waals surface area contributed by atoms with Gasteiger partial charge < -0.3 is 10.4 Å². The van der Waals surface area contributed by atoms with E-state index in [9.17, 15) is 5.11 Å². The van der Waals surface area contributed by atoms with Crippen LogP contribution in [0.2, 0.25) is 0 Å². The van der Waals surface area contributed by atoms with Crippen LogP contribution >= 0.6 is 0 Å². The molecule has 0 bridgehead atoms. The van der Waals surface area contributed by atoms with Gasteiger partial charge in [0.2, 0.25) is 0 Å². The lowest BCUT2D eigenvalue weighted by Gasteiger charge is -2.24. The molecule has 0 amide bonds. The summed E-state index contributed by atoms with van der Waals surface area (Å²) in [6.45, 7) is 0.210. The number of nitrogens with one attached hydrogen (secondary N) is 1. The van der Waals surface area contributed by atoms with E-state index < -0.39 is 0 Å². The summed E-state index contributed by atoms with van der Waals surface area (Å²) in [5.74, 6) is 0.962. The van der Waals surface area contributed by atoms with Crippen LogP contribution in [0.3, 0.4) is 0 Å². The molecule has 0 aliphatic heterocycles. The Morgan fingerprint density at radius 2 is 2.11 bits per heavy atom. The number of hydrogen-bond acceptors (Lipinski definition) is 5. The van der Waals surface area contributed by atoms with E-state index in [1.54, 1.807) is 12.1 Å². The molecular formula is C13H18N4O. The second-order valence-corrected chi connectivity index (χ2v) is 4.75. The minimum absolute atomic E-state index is 0.210. The summed E-state index contributed by atoms with van der Waals surface area (Å²) >= 11 is 0. The molecule has 2 atom stereocenters. The molecule has 0 spiro atoms. The largest absolute Gasteiger partial charge is 0.396 e. The fourth-order valence-corrected chi connectivity index (χ4v) is 2.45. The second kappa shape index (κ2) is 6.31. The third kappa shape index (κ3) is 3.17. The van der Waals surface area contributed by atoms with Crippen molar-refractivity contribution in [2.75, 3.05) is 11.9 Å². The number of nitrogens with zero attached hydrogens (tertiary/aromatic N) is 3. The fraction of sp³-hybridized carbons (Fsp3) is 0.615. The first-order valence-electron chi connectivity index (χ1n) is 6.44. The SMILES string of the molecule is N#Cc1ccc(NC2CCCCCC2CO)nn1. The third-order valence-corrected chi connectivity index (χ3v) is 3.51. The highest BCUT2D eigenvalue weighted by Gasteiger charge is 2.23. The molecule has 2 unspecified atom stereocenters. The van der Waals surface area contributed by atoms with E-state index in [2.05, 4.69) is 15.5 Å². The van der Waals surface area contributed by atoms with Crippen molar-refractivity contribution in [1.82, 2.24) is 10.2 Å². The minimum Gasteiger partial charge on any atom is -0.396 e. The second-order valence-electron chi connectivity index (χ2n) is 4.75. The standard InChI is InChI=1S/C13H18N4O/c14-8-11-6-7-13(17-16-11)15-12-5-3-1-2-4-10(12)9-18/h6-7,10,12,18H,1-5,9H2,(H,15,17). The first-order valence-corrected chi connectivity index (χ1v) is 6.44. The van der Waals surface area contributed by atoms with Crippen LogP contribution in [-0.2, 0) is 0 Å². The zero-order chi connectivity index (χ0) is 12.8. The van der Waals surface area contributed by atoms with Gasteiger partial charge in [-0.2, -0.15) is 5.26 Å². The molecule has 18 heavy (non-hydrogen) atoms. The van der Waals surface area contributed by atoms with Gasteiger partial charge in [0.15, 0.2) is 5.69 Å². The zero-order valence-electron chi connectivity index (χ0n) is 10.3. The van der Waals surface area contributed by atoms with Gasteiger partial charge in [0.1, 0.15) is 11.9 Å². The van der Waals surface area contributed by atoms with Gasteiger partial charge >= 0.3 is 0 Å². The molecule has 0 radical (unpaired) electrons. The number of anilines is 1. The van der Waals surface area contributed by atoms with Crippen LogP contribution in [0.4, 0.5) is 5.82 Å². The quantitative estimate of drug-likeness (QED) is 0.793. The predicted molar refractivity (Wildman–Crippen MR) is 67.8 cm³/mol. The summed E-state index contributed by atoms with van der Waals surface area (Å²) in [5.41, 5.74) is 0.320. The first-order chi connectivity index (χ1) is 8.83. The van der Waals surface area contributed by atoms with Gasteiger partial charge in [-0.3, -0.25) is 0 Å². The zero-order valence-corrected chi connectivity index (χ0v) is 10.3. The van der Waals surface area contributed by atoms with Crippen LogP contribution in [0.25, 0.3) is 0 Å². The van der Waals surface area contributed by atoms with Gasteiger partial charge in [0, 0.05) is 18.6 Å². The van der Waals surface area contributed by atoms with Crippen molar-refractivity contribution in [3.8, 4) is 6.07 Å². The molecule has 2 N–H and O–H groups in total. The molecule has 96 valence electrons. The van der Waals surface area contributed by atoms with E-state index in [4.69, 9.17) is 5.26 Å². The highest BCUT2D eigenvalue weighted by atomic mass is 16.3. The first kappa shape index (κ1) is 12.8. The topological polar surface area (TPSA) is 81.8 Å². The van der Waals surface area contributed by atoms with Crippen LogP contribution < -0.4 is 5.32 Å². The van der Waals surface area contributed by atoms with Crippen molar-refractivity contribution in [1.29, 1.82) is 5.26 Å². The molecule has 5 heteroatoms. The van der Waals surface area contributed by atoms with Gasteiger partial charge in [-0.05, 0) is 25.0 Å². The average Bonchev–Trinajstić information content (AvgIpc) is 2.64. The molecule has 2 rings (SSSR count). The Hall–Kier alpha value is -1.67. The molecule has 1 heterocycles. The van der Waals surface area contributed by atoms with Crippen molar-refractivity contribution in [2.24, 2.45) is 5.92 Å². The summed E-state index contributed by atoms with van der Waals surface area (Å²) in [6.07, 6.45) is 5.69. The molecule has 0 aromatic carbocycles. The molecular weight excluding hydrogens is 228 g/mol. The Balaban J connectivity index is 2.03. The lowest BCUT2D eigenvalue weighted by Crippen LogP contribution is -2.31. The van der Waals surface area contributed by atoms with Crippen LogP contribution in [0, 0.1) is 17.2 Å². The van der Waals surface area contributed by atoms with E-state index in [-0.39, 0.29) is 18.6 Å².